The molecule has 7 rings (SSSR count). The molecule has 0 aliphatic carbocycles. The molecule has 0 radical (unpaired) electrons. The third-order valence-electron chi connectivity index (χ3n) is 6.89. The lowest BCUT2D eigenvalue weighted by molar-refractivity contribution is 1.06. The van der Waals surface area contributed by atoms with E-state index in [0.717, 1.165) is 29.3 Å². The van der Waals surface area contributed by atoms with Gasteiger partial charge in [0, 0.05) is 40.6 Å². The molecule has 4 heteroatoms. The second-order valence-corrected chi connectivity index (χ2v) is 9.23. The van der Waals surface area contributed by atoms with Crippen LogP contribution in [0.3, 0.4) is 0 Å². The van der Waals surface area contributed by atoms with Crippen molar-refractivity contribution in [3.05, 3.63) is 145 Å². The normalized spacial score (nSPS) is 11.4. The Morgan fingerprint density at radius 3 is 2.27 bits per heavy atom. The van der Waals surface area contributed by atoms with Crippen LogP contribution in [0.15, 0.2) is 134 Å². The van der Waals surface area contributed by atoms with Crippen LogP contribution < -0.4 is 0 Å². The molecule has 0 bridgehead atoms. The Morgan fingerprint density at radius 1 is 0.568 bits per heavy atom. The van der Waals surface area contributed by atoms with E-state index in [1.165, 1.54) is 32.9 Å². The maximum Gasteiger partial charge on any atom is 0.144 e. The van der Waals surface area contributed by atoms with Gasteiger partial charge in [0.1, 0.15) is 11.6 Å². The van der Waals surface area contributed by atoms with Gasteiger partial charge in [-0.1, -0.05) is 72.8 Å². The average Bonchev–Trinajstić information content (AvgIpc) is 3.57. The molecule has 0 aliphatic rings. The van der Waals surface area contributed by atoms with Crippen molar-refractivity contribution < 1.29 is 0 Å². The van der Waals surface area contributed by atoms with E-state index in [-0.39, 0.29) is 0 Å². The zero-order chi connectivity index (χ0) is 24.6. The number of benzene rings is 4. The number of hydrogen-bond acceptors (Lipinski definition) is 2. The first-order chi connectivity index (χ1) is 18.3. The van der Waals surface area contributed by atoms with Crippen molar-refractivity contribution >= 4 is 21.8 Å². The van der Waals surface area contributed by atoms with E-state index in [4.69, 9.17) is 0 Å². The van der Waals surface area contributed by atoms with Crippen LogP contribution in [-0.4, -0.2) is 19.1 Å². The van der Waals surface area contributed by atoms with Gasteiger partial charge in [0.05, 0.1) is 11.0 Å². The first-order valence-corrected chi connectivity index (χ1v) is 12.5. The maximum atomic E-state index is 4.67. The van der Waals surface area contributed by atoms with Crippen molar-refractivity contribution in [1.29, 1.82) is 0 Å². The van der Waals surface area contributed by atoms with Crippen LogP contribution in [0, 0.1) is 0 Å². The second-order valence-electron chi connectivity index (χ2n) is 9.23. The molecule has 7 aromatic rings. The van der Waals surface area contributed by atoms with E-state index >= 15 is 0 Å². The quantitative estimate of drug-likeness (QED) is 0.256. The number of nitrogens with zero attached hydrogens (tertiary/aromatic N) is 4. The minimum Gasteiger partial charge on any atom is -0.300 e. The molecule has 176 valence electrons. The predicted octanol–water partition coefficient (Wildman–Crippen LogP) is 7.62. The highest BCUT2D eigenvalue weighted by Crippen LogP contribution is 2.32. The Hall–Kier alpha value is -4.96. The van der Waals surface area contributed by atoms with Crippen molar-refractivity contribution in [1.82, 2.24) is 19.1 Å². The summed E-state index contributed by atoms with van der Waals surface area (Å²) in [7, 11) is 0. The van der Waals surface area contributed by atoms with E-state index < -0.39 is 0 Å². The molecule has 4 nitrogen and oxygen atoms in total. The van der Waals surface area contributed by atoms with Gasteiger partial charge in [-0.15, -0.1) is 0 Å². The highest BCUT2D eigenvalue weighted by Gasteiger charge is 2.14. The van der Waals surface area contributed by atoms with Gasteiger partial charge in [-0.3, -0.25) is 9.13 Å². The fraction of sp³-hybridized carbons (Fsp3) is 0.0303. The first kappa shape index (κ1) is 21.3. The lowest BCUT2D eigenvalue weighted by atomic mass is 10.0. The largest absolute Gasteiger partial charge is 0.300 e. The van der Waals surface area contributed by atoms with Gasteiger partial charge in [-0.25, -0.2) is 9.97 Å². The molecule has 3 aromatic heterocycles. The van der Waals surface area contributed by atoms with Gasteiger partial charge >= 0.3 is 0 Å². The van der Waals surface area contributed by atoms with Gasteiger partial charge in [-0.2, -0.15) is 0 Å². The van der Waals surface area contributed by atoms with Gasteiger partial charge in [-0.05, 0) is 60.0 Å². The molecule has 0 amide bonds. The number of fused-ring (bicyclic) bond motifs is 3. The Labute approximate surface area is 215 Å². The molecule has 0 atom stereocenters. The summed E-state index contributed by atoms with van der Waals surface area (Å²) in [6.45, 7) is 0. The molecule has 4 aromatic carbocycles. The summed E-state index contributed by atoms with van der Waals surface area (Å²) in [4.78, 5) is 9.34. The summed E-state index contributed by atoms with van der Waals surface area (Å²) in [5, 5.41) is 2.48. The minimum absolute atomic E-state index is 0.833. The fourth-order valence-electron chi connectivity index (χ4n) is 5.23. The number of para-hydroxylation sites is 2. The summed E-state index contributed by atoms with van der Waals surface area (Å²) in [6.07, 6.45) is 6.56. The van der Waals surface area contributed by atoms with Crippen LogP contribution in [0.25, 0.3) is 44.7 Å². The smallest absolute Gasteiger partial charge is 0.144 e. The second kappa shape index (κ2) is 8.92. The fourth-order valence-corrected chi connectivity index (χ4v) is 5.23. The van der Waals surface area contributed by atoms with Crippen LogP contribution in [0.5, 0.6) is 0 Å². The summed E-state index contributed by atoms with van der Waals surface area (Å²) < 4.78 is 4.40. The molecule has 37 heavy (non-hydrogen) atoms. The highest BCUT2D eigenvalue weighted by molar-refractivity contribution is 6.09. The molecule has 0 saturated heterocycles. The Bertz CT molecular complexity index is 1850. The highest BCUT2D eigenvalue weighted by atomic mass is 15.1. The van der Waals surface area contributed by atoms with Gasteiger partial charge in [0.15, 0.2) is 0 Å². The lowest BCUT2D eigenvalue weighted by Crippen LogP contribution is -1.98. The Kier molecular flexibility index (Phi) is 5.14. The molecular weight excluding hydrogens is 452 g/mol. The summed E-state index contributed by atoms with van der Waals surface area (Å²) >= 11 is 0. The molecule has 0 fully saturated rings. The first-order valence-electron chi connectivity index (χ1n) is 12.5. The third kappa shape index (κ3) is 3.80. The zero-order valence-corrected chi connectivity index (χ0v) is 20.2. The van der Waals surface area contributed by atoms with Crippen molar-refractivity contribution in [2.24, 2.45) is 0 Å². The van der Waals surface area contributed by atoms with E-state index in [2.05, 4.69) is 116 Å². The SMILES string of the molecule is c1ccc(-n2ccnc2-c2cccc(Cc3ccc4c5ccccc5n(-c5ccccn5)c4c3)c2)cc1. The van der Waals surface area contributed by atoms with Crippen LogP contribution in [0.2, 0.25) is 0 Å². The molecule has 0 unspecified atom stereocenters. The standard InChI is InChI=1S/C33H24N4/c1-2-11-27(12-3-1)36-20-19-35-33(36)26-10-8-9-24(22-26)21-25-16-17-29-28-13-4-5-14-30(28)37(31(29)23-25)32-15-6-7-18-34-32/h1-20,22-23H,21H2. The Balaban J connectivity index is 1.29. The van der Waals surface area contributed by atoms with Crippen LogP contribution in [0.1, 0.15) is 11.1 Å². The molecule has 0 N–H and O–H groups in total. The number of pyridine rings is 1. The number of rotatable bonds is 5. The van der Waals surface area contributed by atoms with Gasteiger partial charge in [0.25, 0.3) is 0 Å². The van der Waals surface area contributed by atoms with Crippen LogP contribution in [-0.2, 0) is 6.42 Å². The summed E-state index contributed by atoms with van der Waals surface area (Å²) in [6, 6.07) is 40.4. The van der Waals surface area contributed by atoms with E-state index in [9.17, 15) is 0 Å². The topological polar surface area (TPSA) is 35.6 Å². The van der Waals surface area contributed by atoms with E-state index in [1.807, 2.05) is 36.8 Å². The third-order valence-corrected chi connectivity index (χ3v) is 6.89. The average molecular weight is 477 g/mol. The summed E-state index contributed by atoms with van der Waals surface area (Å²) in [5.74, 6) is 1.87. The Morgan fingerprint density at radius 2 is 1.38 bits per heavy atom. The van der Waals surface area contributed by atoms with Crippen molar-refractivity contribution in [3.63, 3.8) is 0 Å². The number of imidazole rings is 1. The predicted molar refractivity (Wildman–Crippen MR) is 150 cm³/mol. The van der Waals surface area contributed by atoms with E-state index in [0.29, 0.717) is 0 Å². The molecule has 0 saturated carbocycles. The van der Waals surface area contributed by atoms with Crippen molar-refractivity contribution in [2.75, 3.05) is 0 Å². The number of hydrogen-bond donors (Lipinski definition) is 0. The van der Waals surface area contributed by atoms with Crippen molar-refractivity contribution in [3.8, 4) is 22.9 Å². The maximum absolute atomic E-state index is 4.67. The van der Waals surface area contributed by atoms with Crippen molar-refractivity contribution in [2.45, 2.75) is 6.42 Å². The van der Waals surface area contributed by atoms with Gasteiger partial charge in [0.2, 0.25) is 0 Å². The van der Waals surface area contributed by atoms with Crippen LogP contribution in [0.4, 0.5) is 0 Å². The minimum atomic E-state index is 0.833. The summed E-state index contributed by atoms with van der Waals surface area (Å²) in [5.41, 5.74) is 7.07. The zero-order valence-electron chi connectivity index (χ0n) is 20.2. The monoisotopic (exact) mass is 476 g/mol. The molecule has 3 heterocycles. The molecule has 0 spiro atoms. The van der Waals surface area contributed by atoms with Gasteiger partial charge < -0.3 is 0 Å². The number of aromatic nitrogens is 4. The molecule has 0 aliphatic heterocycles. The molecular formula is C33H24N4. The lowest BCUT2D eigenvalue weighted by Gasteiger charge is -2.10. The van der Waals surface area contributed by atoms with Crippen LogP contribution >= 0.6 is 0 Å². The van der Waals surface area contributed by atoms with E-state index in [1.54, 1.807) is 0 Å².